The third-order valence-electron chi connectivity index (χ3n) is 3.72. The van der Waals surface area contributed by atoms with Gasteiger partial charge in [-0.2, -0.15) is 0 Å². The predicted molar refractivity (Wildman–Crippen MR) is 88.4 cm³/mol. The van der Waals surface area contributed by atoms with Crippen molar-refractivity contribution in [2.24, 2.45) is 0 Å². The van der Waals surface area contributed by atoms with Crippen LogP contribution >= 0.6 is 0 Å². The van der Waals surface area contributed by atoms with E-state index in [-0.39, 0.29) is 11.3 Å². The highest BCUT2D eigenvalue weighted by Crippen LogP contribution is 2.09. The number of nitrogens with one attached hydrogen (secondary N) is 1. The molecule has 0 atom stereocenters. The van der Waals surface area contributed by atoms with E-state index in [0.717, 1.165) is 12.8 Å². The number of nitrogens with zero attached hydrogens (tertiary/aromatic N) is 2. The fraction of sp³-hybridized carbons (Fsp3) is 0.529. The van der Waals surface area contributed by atoms with Crippen LogP contribution in [0.4, 0.5) is 0 Å². The summed E-state index contributed by atoms with van der Waals surface area (Å²) in [7, 11) is 0. The number of carbonyl (C=O) groups excluding carboxylic acids is 1. The molecule has 23 heavy (non-hydrogen) atoms. The molecule has 0 fully saturated rings. The van der Waals surface area contributed by atoms with E-state index in [1.54, 1.807) is 0 Å². The Labute approximate surface area is 135 Å². The molecule has 2 aromatic heterocycles. The number of pyridine rings is 1. The third-order valence-corrected chi connectivity index (χ3v) is 3.72. The van der Waals surface area contributed by atoms with Crippen molar-refractivity contribution in [3.8, 4) is 0 Å². The molecule has 6 heteroatoms. The Kier molecular flexibility index (Phi) is 6.72. The van der Waals surface area contributed by atoms with Crippen molar-refractivity contribution in [3.05, 3.63) is 34.6 Å². The number of hydrogen-bond acceptors (Lipinski definition) is 5. The van der Waals surface area contributed by atoms with E-state index < -0.39 is 5.97 Å². The first-order valence-electron chi connectivity index (χ1n) is 8.23. The molecule has 0 saturated heterocycles. The summed E-state index contributed by atoms with van der Waals surface area (Å²) < 4.78 is 5.21. The van der Waals surface area contributed by atoms with Crippen molar-refractivity contribution < 1.29 is 9.53 Å². The molecule has 0 unspecified atom stereocenters. The topological polar surface area (TPSA) is 84.9 Å². The van der Waals surface area contributed by atoms with Gasteiger partial charge in [-0.15, -0.1) is 0 Å². The van der Waals surface area contributed by atoms with Gasteiger partial charge in [-0.3, -0.25) is 4.79 Å². The van der Waals surface area contributed by atoms with Crippen molar-refractivity contribution in [2.45, 2.75) is 51.9 Å². The fourth-order valence-corrected chi connectivity index (χ4v) is 2.38. The summed E-state index contributed by atoms with van der Waals surface area (Å²) in [5.74, 6) is -0.499. The standard InChI is InChI=1S/C17H23N3O3/c1-2-3-4-5-6-7-8-9-23-17(22)14-10-13-15(11-18-14)19-12-20-16(13)21/h10-12H,2-9H2,1H3,(H,19,20,21). The van der Waals surface area contributed by atoms with Crippen LogP contribution < -0.4 is 5.56 Å². The van der Waals surface area contributed by atoms with Gasteiger partial charge in [0.05, 0.1) is 30.0 Å². The second-order valence-electron chi connectivity index (χ2n) is 5.58. The maximum atomic E-state index is 12.0. The van der Waals surface area contributed by atoms with Gasteiger partial charge in [0.2, 0.25) is 0 Å². The molecule has 2 heterocycles. The lowest BCUT2D eigenvalue weighted by Crippen LogP contribution is -2.12. The van der Waals surface area contributed by atoms with Crippen LogP contribution in [0.25, 0.3) is 10.9 Å². The number of carbonyl (C=O) groups is 1. The number of ether oxygens (including phenoxy) is 1. The largest absolute Gasteiger partial charge is 0.461 e. The maximum Gasteiger partial charge on any atom is 0.356 e. The van der Waals surface area contributed by atoms with Crippen LogP contribution in [-0.2, 0) is 4.74 Å². The summed E-state index contributed by atoms with van der Waals surface area (Å²) in [4.78, 5) is 34.1. The highest BCUT2D eigenvalue weighted by Gasteiger charge is 2.11. The molecule has 124 valence electrons. The molecule has 0 radical (unpaired) electrons. The molecular formula is C17H23N3O3. The van der Waals surface area contributed by atoms with Crippen molar-refractivity contribution in [1.82, 2.24) is 15.0 Å². The van der Waals surface area contributed by atoms with Gasteiger partial charge in [0.1, 0.15) is 5.69 Å². The average molecular weight is 317 g/mol. The highest BCUT2D eigenvalue weighted by atomic mass is 16.5. The number of aromatic amines is 1. The average Bonchev–Trinajstić information content (AvgIpc) is 2.57. The SMILES string of the molecule is CCCCCCCCCOC(=O)c1cc2c(=O)[nH]cnc2cn1. The number of aromatic nitrogens is 3. The monoisotopic (exact) mass is 317 g/mol. The number of H-pyrrole nitrogens is 1. The Hall–Kier alpha value is -2.24. The van der Waals surface area contributed by atoms with Crippen LogP contribution in [0.2, 0.25) is 0 Å². The van der Waals surface area contributed by atoms with Gasteiger partial charge in [0.15, 0.2) is 0 Å². The first-order valence-corrected chi connectivity index (χ1v) is 8.23. The maximum absolute atomic E-state index is 12.0. The first-order chi connectivity index (χ1) is 11.2. The Morgan fingerprint density at radius 1 is 1.13 bits per heavy atom. The molecule has 0 aliphatic heterocycles. The molecule has 0 bridgehead atoms. The zero-order valence-electron chi connectivity index (χ0n) is 13.5. The highest BCUT2D eigenvalue weighted by molar-refractivity contribution is 5.91. The summed E-state index contributed by atoms with van der Waals surface area (Å²) in [6, 6.07) is 1.42. The van der Waals surface area contributed by atoms with E-state index in [2.05, 4.69) is 21.9 Å². The quantitative estimate of drug-likeness (QED) is 0.567. The van der Waals surface area contributed by atoms with Gasteiger partial charge < -0.3 is 9.72 Å². The summed E-state index contributed by atoms with van der Waals surface area (Å²) in [6.07, 6.45) is 10.9. The minimum atomic E-state index is -0.499. The van der Waals surface area contributed by atoms with Crippen molar-refractivity contribution in [2.75, 3.05) is 6.61 Å². The Morgan fingerprint density at radius 3 is 2.65 bits per heavy atom. The molecule has 0 aliphatic rings. The molecule has 0 amide bonds. The molecule has 0 spiro atoms. The van der Waals surface area contributed by atoms with Gasteiger partial charge in [-0.05, 0) is 12.5 Å². The lowest BCUT2D eigenvalue weighted by Gasteiger charge is -2.05. The Balaban J connectivity index is 1.78. The summed E-state index contributed by atoms with van der Waals surface area (Å²) >= 11 is 0. The van der Waals surface area contributed by atoms with Gasteiger partial charge in [-0.25, -0.2) is 14.8 Å². The smallest absolute Gasteiger partial charge is 0.356 e. The molecule has 0 aliphatic carbocycles. The van der Waals surface area contributed by atoms with E-state index in [4.69, 9.17) is 4.74 Å². The zero-order chi connectivity index (χ0) is 16.5. The Bertz CT molecular complexity index is 697. The van der Waals surface area contributed by atoms with Crippen molar-refractivity contribution in [1.29, 1.82) is 0 Å². The second-order valence-corrected chi connectivity index (χ2v) is 5.58. The molecule has 1 N–H and O–H groups in total. The molecule has 2 rings (SSSR count). The van der Waals surface area contributed by atoms with Gasteiger partial charge in [0.25, 0.3) is 5.56 Å². The van der Waals surface area contributed by atoms with Crippen LogP contribution in [0.15, 0.2) is 23.4 Å². The van der Waals surface area contributed by atoms with Crippen LogP contribution in [0.1, 0.15) is 62.4 Å². The van der Waals surface area contributed by atoms with Gasteiger partial charge in [0, 0.05) is 0 Å². The fourth-order valence-electron chi connectivity index (χ4n) is 2.38. The van der Waals surface area contributed by atoms with Crippen LogP contribution in [-0.4, -0.2) is 27.5 Å². The van der Waals surface area contributed by atoms with Crippen LogP contribution in [0.5, 0.6) is 0 Å². The molecule has 6 nitrogen and oxygen atoms in total. The number of rotatable bonds is 9. The molecular weight excluding hydrogens is 294 g/mol. The minimum Gasteiger partial charge on any atom is -0.461 e. The number of fused-ring (bicyclic) bond motifs is 1. The second kappa shape index (κ2) is 9.02. The first kappa shape index (κ1) is 17.1. The lowest BCUT2D eigenvalue weighted by atomic mass is 10.1. The van der Waals surface area contributed by atoms with Gasteiger partial charge >= 0.3 is 5.97 Å². The van der Waals surface area contributed by atoms with Crippen LogP contribution in [0.3, 0.4) is 0 Å². The summed E-state index contributed by atoms with van der Waals surface area (Å²) in [5.41, 5.74) is 0.301. The van der Waals surface area contributed by atoms with E-state index in [1.165, 1.54) is 50.7 Å². The zero-order valence-corrected chi connectivity index (χ0v) is 13.5. The van der Waals surface area contributed by atoms with Crippen molar-refractivity contribution >= 4 is 16.9 Å². The van der Waals surface area contributed by atoms with E-state index in [1.807, 2.05) is 0 Å². The number of unbranched alkanes of at least 4 members (excludes halogenated alkanes) is 6. The Morgan fingerprint density at radius 2 is 1.87 bits per heavy atom. The third kappa shape index (κ3) is 5.16. The van der Waals surface area contributed by atoms with E-state index >= 15 is 0 Å². The molecule has 0 saturated carbocycles. The number of hydrogen-bond donors (Lipinski definition) is 1. The number of esters is 1. The lowest BCUT2D eigenvalue weighted by molar-refractivity contribution is 0.0491. The summed E-state index contributed by atoms with van der Waals surface area (Å²) in [5, 5.41) is 0.338. The molecule has 0 aromatic carbocycles. The normalized spacial score (nSPS) is 10.8. The molecule has 2 aromatic rings. The van der Waals surface area contributed by atoms with E-state index in [9.17, 15) is 9.59 Å². The minimum absolute atomic E-state index is 0.138. The van der Waals surface area contributed by atoms with Gasteiger partial charge in [-0.1, -0.05) is 45.4 Å². The predicted octanol–water partition coefficient (Wildman–Crippen LogP) is 3.23. The van der Waals surface area contributed by atoms with Crippen LogP contribution in [0, 0.1) is 0 Å². The van der Waals surface area contributed by atoms with Crippen molar-refractivity contribution in [3.63, 3.8) is 0 Å². The van der Waals surface area contributed by atoms with E-state index in [0.29, 0.717) is 17.5 Å². The summed E-state index contributed by atoms with van der Waals surface area (Å²) in [6.45, 7) is 2.58.